The summed E-state index contributed by atoms with van der Waals surface area (Å²) in [6.45, 7) is 0. The van der Waals surface area contributed by atoms with Gasteiger partial charge in [0.15, 0.2) is 0 Å². The van der Waals surface area contributed by atoms with Gasteiger partial charge in [-0.25, -0.2) is 0 Å². The Morgan fingerprint density at radius 2 is 1.06 bits per heavy atom. The molecule has 0 N–H and O–H groups in total. The summed E-state index contributed by atoms with van der Waals surface area (Å²) in [5.41, 5.74) is 10.0. The molecule has 0 spiro atoms. The zero-order valence-corrected chi connectivity index (χ0v) is 18.7. The molecule has 5 aromatic carbocycles. The van der Waals surface area contributed by atoms with Gasteiger partial charge < -0.3 is 4.57 Å². The number of benzene rings is 5. The Balaban J connectivity index is 1.62. The largest absolute Gasteiger partial charge is 0.317 e. The molecule has 0 aliphatic heterocycles. The van der Waals surface area contributed by atoms with E-state index < -0.39 is 0 Å². The van der Waals surface area contributed by atoms with Crippen molar-refractivity contribution in [3.8, 4) is 16.8 Å². The van der Waals surface area contributed by atoms with Crippen molar-refractivity contribution in [2.24, 2.45) is 0 Å². The lowest BCUT2D eigenvalue weighted by molar-refractivity contribution is 0.769. The molecule has 1 heterocycles. The second-order valence-electron chi connectivity index (χ2n) is 8.97. The number of para-hydroxylation sites is 1. The van der Waals surface area contributed by atoms with Gasteiger partial charge in [0.2, 0.25) is 0 Å². The highest BCUT2D eigenvalue weighted by atomic mass is 15.0. The monoisotopic (exact) mass is 433 g/mol. The Bertz CT molecular complexity index is 1590. The molecule has 6 aromatic rings. The summed E-state index contributed by atoms with van der Waals surface area (Å²) >= 11 is 0. The van der Waals surface area contributed by atoms with E-state index in [1.54, 1.807) is 0 Å². The van der Waals surface area contributed by atoms with E-state index in [-0.39, 0.29) is 5.41 Å². The van der Waals surface area contributed by atoms with E-state index >= 15 is 0 Å². The van der Waals surface area contributed by atoms with Crippen molar-refractivity contribution in [2.75, 3.05) is 0 Å². The number of nitrogens with zero attached hydrogens (tertiary/aromatic N) is 1. The molecular weight excluding hydrogens is 410 g/mol. The Morgan fingerprint density at radius 3 is 1.74 bits per heavy atom. The van der Waals surface area contributed by atoms with Crippen LogP contribution in [0.3, 0.4) is 0 Å². The van der Waals surface area contributed by atoms with Crippen LogP contribution >= 0.6 is 0 Å². The summed E-state index contributed by atoms with van der Waals surface area (Å²) in [7, 11) is 0. The van der Waals surface area contributed by atoms with Crippen LogP contribution in [-0.2, 0) is 5.41 Å². The van der Waals surface area contributed by atoms with Crippen LogP contribution in [-0.4, -0.2) is 4.57 Å². The van der Waals surface area contributed by atoms with Gasteiger partial charge in [0, 0.05) is 17.3 Å². The van der Waals surface area contributed by atoms with E-state index in [0.29, 0.717) is 0 Å². The predicted octanol–water partition coefficient (Wildman–Crippen LogP) is 7.99. The second-order valence-corrected chi connectivity index (χ2v) is 8.97. The van der Waals surface area contributed by atoms with Crippen molar-refractivity contribution in [3.05, 3.63) is 162 Å². The third-order valence-electron chi connectivity index (χ3n) is 7.32. The minimum absolute atomic E-state index is 0.350. The normalized spacial score (nSPS) is 13.5. The van der Waals surface area contributed by atoms with Gasteiger partial charge in [-0.15, -0.1) is 0 Å². The molecule has 0 saturated carbocycles. The van der Waals surface area contributed by atoms with Gasteiger partial charge in [-0.1, -0.05) is 109 Å². The molecule has 0 bridgehead atoms. The first-order chi connectivity index (χ1) is 16.9. The summed E-state index contributed by atoms with van der Waals surface area (Å²) < 4.78 is 2.29. The summed E-state index contributed by atoms with van der Waals surface area (Å²) in [6, 6.07) is 48.4. The summed E-state index contributed by atoms with van der Waals surface area (Å²) in [5, 5.41) is 1.29. The Kier molecular flexibility index (Phi) is 4.13. The van der Waals surface area contributed by atoms with Crippen molar-refractivity contribution < 1.29 is 0 Å². The van der Waals surface area contributed by atoms with Crippen molar-refractivity contribution in [1.29, 1.82) is 0 Å². The average molecular weight is 434 g/mol. The summed E-state index contributed by atoms with van der Waals surface area (Å²) in [5.74, 6) is 0. The number of fused-ring (bicyclic) bond motifs is 5. The van der Waals surface area contributed by atoms with Gasteiger partial charge in [-0.05, 0) is 57.6 Å². The predicted molar refractivity (Wildman–Crippen MR) is 141 cm³/mol. The summed E-state index contributed by atoms with van der Waals surface area (Å²) in [6.07, 6.45) is 2.20. The first kappa shape index (κ1) is 19.1. The van der Waals surface area contributed by atoms with Crippen LogP contribution in [0.5, 0.6) is 0 Å². The minimum atomic E-state index is -0.350. The molecule has 1 aliphatic carbocycles. The van der Waals surface area contributed by atoms with Crippen LogP contribution in [0.15, 0.2) is 140 Å². The minimum Gasteiger partial charge on any atom is -0.317 e. The molecule has 0 saturated heterocycles. The van der Waals surface area contributed by atoms with Gasteiger partial charge in [0.05, 0.1) is 10.9 Å². The average Bonchev–Trinajstić information content (AvgIpc) is 3.48. The van der Waals surface area contributed by atoms with E-state index in [4.69, 9.17) is 0 Å². The Labute approximate surface area is 199 Å². The first-order valence-electron chi connectivity index (χ1n) is 11.8. The maximum absolute atomic E-state index is 2.36. The molecule has 34 heavy (non-hydrogen) atoms. The molecule has 1 aliphatic rings. The molecule has 0 radical (unpaired) electrons. The molecule has 0 atom stereocenters. The van der Waals surface area contributed by atoms with Gasteiger partial charge in [0.1, 0.15) is 0 Å². The van der Waals surface area contributed by atoms with Crippen molar-refractivity contribution in [2.45, 2.75) is 5.41 Å². The lowest BCUT2D eigenvalue weighted by atomic mass is 9.67. The molecule has 1 aromatic heterocycles. The molecule has 0 unspecified atom stereocenters. The van der Waals surface area contributed by atoms with E-state index in [9.17, 15) is 0 Å². The van der Waals surface area contributed by atoms with Crippen LogP contribution in [0.4, 0.5) is 0 Å². The van der Waals surface area contributed by atoms with Crippen LogP contribution < -0.4 is 0 Å². The smallest absolute Gasteiger partial charge is 0.0713 e. The standard InChI is InChI=1S/C33H23N/c1-4-12-24(13-5-1)33(25-14-6-2-7-15-25)29-19-11-10-18-27(29)32-28-22-23-34(26-16-8-3-9-17-26)31(28)21-20-30(32)33/h1-23H. The van der Waals surface area contributed by atoms with Gasteiger partial charge in [0.25, 0.3) is 0 Å². The first-order valence-corrected chi connectivity index (χ1v) is 11.8. The zero-order chi connectivity index (χ0) is 22.5. The highest BCUT2D eigenvalue weighted by Crippen LogP contribution is 2.57. The lowest BCUT2D eigenvalue weighted by Crippen LogP contribution is -2.28. The highest BCUT2D eigenvalue weighted by molar-refractivity contribution is 6.03. The van der Waals surface area contributed by atoms with Crippen molar-refractivity contribution in [3.63, 3.8) is 0 Å². The van der Waals surface area contributed by atoms with E-state index in [0.717, 1.165) is 0 Å². The van der Waals surface area contributed by atoms with Crippen LogP contribution in [0.25, 0.3) is 27.7 Å². The number of rotatable bonds is 3. The Hall–Kier alpha value is -4.36. The summed E-state index contributed by atoms with van der Waals surface area (Å²) in [4.78, 5) is 0. The zero-order valence-electron chi connectivity index (χ0n) is 18.7. The topological polar surface area (TPSA) is 4.93 Å². The van der Waals surface area contributed by atoms with E-state index in [1.807, 2.05) is 0 Å². The van der Waals surface area contributed by atoms with Gasteiger partial charge in [-0.3, -0.25) is 0 Å². The maximum atomic E-state index is 2.36. The SMILES string of the molecule is c1ccc(-n2ccc3c4c(ccc32)C(c2ccccc2)(c2ccccc2)c2ccccc2-4)cc1. The lowest BCUT2D eigenvalue weighted by Gasteiger charge is -2.33. The van der Waals surface area contributed by atoms with E-state index in [2.05, 4.69) is 144 Å². The maximum Gasteiger partial charge on any atom is 0.0713 e. The molecule has 1 nitrogen and oxygen atoms in total. The van der Waals surface area contributed by atoms with Crippen molar-refractivity contribution in [1.82, 2.24) is 4.57 Å². The fourth-order valence-corrected chi connectivity index (χ4v) is 5.97. The number of hydrogen-bond donors (Lipinski definition) is 0. The molecular formula is C33H23N. The van der Waals surface area contributed by atoms with Crippen LogP contribution in [0.2, 0.25) is 0 Å². The number of aromatic nitrogens is 1. The third-order valence-corrected chi connectivity index (χ3v) is 7.32. The molecule has 1 heteroatoms. The molecule has 0 amide bonds. The number of hydrogen-bond acceptors (Lipinski definition) is 0. The van der Waals surface area contributed by atoms with Crippen LogP contribution in [0, 0.1) is 0 Å². The molecule has 0 fully saturated rings. The molecule has 7 rings (SSSR count). The second kappa shape index (κ2) is 7.33. The third kappa shape index (κ3) is 2.50. The Morgan fingerprint density at radius 1 is 0.471 bits per heavy atom. The highest BCUT2D eigenvalue weighted by Gasteiger charge is 2.46. The quantitative estimate of drug-likeness (QED) is 0.266. The van der Waals surface area contributed by atoms with Gasteiger partial charge >= 0.3 is 0 Å². The van der Waals surface area contributed by atoms with Crippen molar-refractivity contribution >= 4 is 10.9 Å². The fourth-order valence-electron chi connectivity index (χ4n) is 5.97. The fraction of sp³-hybridized carbons (Fsp3) is 0.0303. The van der Waals surface area contributed by atoms with Gasteiger partial charge in [-0.2, -0.15) is 0 Å². The molecule has 160 valence electrons. The van der Waals surface area contributed by atoms with Crippen LogP contribution in [0.1, 0.15) is 22.3 Å². The van der Waals surface area contributed by atoms with E-state index in [1.165, 1.54) is 50.0 Å².